The van der Waals surface area contributed by atoms with Crippen molar-refractivity contribution in [2.45, 2.75) is 32.7 Å². The van der Waals surface area contributed by atoms with Gasteiger partial charge in [-0.1, -0.05) is 11.6 Å². The third-order valence-electron chi connectivity index (χ3n) is 4.96. The Hall–Kier alpha value is -2.44. The number of aryl methyl sites for hydroxylation is 1. The molecule has 25 heavy (non-hydrogen) atoms. The molecule has 4 rings (SSSR count). The van der Waals surface area contributed by atoms with E-state index in [9.17, 15) is 14.4 Å². The molecule has 2 bridgehead atoms. The van der Waals surface area contributed by atoms with Gasteiger partial charge in [-0.05, 0) is 32.8 Å². The second-order valence-electron chi connectivity index (χ2n) is 7.09. The van der Waals surface area contributed by atoms with E-state index in [0.717, 1.165) is 17.5 Å². The Labute approximate surface area is 146 Å². The molecule has 4 heterocycles. The summed E-state index contributed by atoms with van der Waals surface area (Å²) in [6.07, 6.45) is 3.79. The second kappa shape index (κ2) is 6.82. The molecule has 1 aromatic rings. The first-order valence-electron chi connectivity index (χ1n) is 8.64. The number of aromatic nitrogens is 2. The van der Waals surface area contributed by atoms with Crippen LogP contribution in [0, 0.1) is 5.92 Å². The highest BCUT2D eigenvalue weighted by molar-refractivity contribution is 5.93. The van der Waals surface area contributed by atoms with Crippen LogP contribution in [-0.4, -0.2) is 57.1 Å². The quantitative estimate of drug-likeness (QED) is 0.761. The van der Waals surface area contributed by atoms with E-state index in [-0.39, 0.29) is 35.0 Å². The second-order valence-corrected chi connectivity index (χ2v) is 7.09. The minimum atomic E-state index is -0.254. The van der Waals surface area contributed by atoms with Gasteiger partial charge in [-0.3, -0.25) is 14.4 Å². The van der Waals surface area contributed by atoms with Gasteiger partial charge in [0.25, 0.3) is 11.5 Å². The van der Waals surface area contributed by atoms with Gasteiger partial charge in [0.1, 0.15) is 5.69 Å². The van der Waals surface area contributed by atoms with E-state index in [4.69, 9.17) is 0 Å². The van der Waals surface area contributed by atoms with Gasteiger partial charge in [0, 0.05) is 38.8 Å². The number of fused-ring (bicyclic) bond motifs is 4. The first-order chi connectivity index (χ1) is 11.9. The van der Waals surface area contributed by atoms with Crippen LogP contribution in [0.1, 0.15) is 37.2 Å². The fourth-order valence-electron chi connectivity index (χ4n) is 3.51. The van der Waals surface area contributed by atoms with Gasteiger partial charge in [-0.25, -0.2) is 4.68 Å². The lowest BCUT2D eigenvalue weighted by Crippen LogP contribution is -2.48. The van der Waals surface area contributed by atoms with Crippen LogP contribution in [0.3, 0.4) is 0 Å². The number of hydrogen-bond donors (Lipinski definition) is 0. The number of nitrogens with zero attached hydrogens (tertiary/aromatic N) is 4. The number of allylic oxidation sites excluding steroid dienone is 1. The highest BCUT2D eigenvalue weighted by Gasteiger charge is 2.41. The molecule has 0 radical (unpaired) electrons. The maximum atomic E-state index is 12.8. The Morgan fingerprint density at radius 3 is 2.68 bits per heavy atom. The maximum Gasteiger partial charge on any atom is 0.274 e. The van der Waals surface area contributed by atoms with Crippen molar-refractivity contribution in [1.82, 2.24) is 19.6 Å². The lowest BCUT2D eigenvalue weighted by molar-refractivity contribution is -0.139. The summed E-state index contributed by atoms with van der Waals surface area (Å²) in [7, 11) is 1.52. The molecule has 2 unspecified atom stereocenters. The number of piperidine rings is 1. The van der Waals surface area contributed by atoms with Crippen molar-refractivity contribution in [3.8, 4) is 0 Å². The highest BCUT2D eigenvalue weighted by atomic mass is 16.2. The molecule has 3 aliphatic heterocycles. The molecule has 0 aromatic carbocycles. The van der Waals surface area contributed by atoms with Crippen LogP contribution in [0.5, 0.6) is 0 Å². The van der Waals surface area contributed by atoms with Crippen LogP contribution in [-0.2, 0) is 11.8 Å². The van der Waals surface area contributed by atoms with E-state index in [1.165, 1.54) is 24.8 Å². The smallest absolute Gasteiger partial charge is 0.274 e. The average molecular weight is 344 g/mol. The number of carbonyl (C=O) groups is 2. The lowest BCUT2D eigenvalue weighted by atomic mass is 9.94. The standard InChI is InChI=1S/C18H24N4O3/c1-12(2)8-9-22-14-5-4-13(17(22)24)10-21(11-14)18(25)15-6-7-16(23)20(3)19-15/h6-8,13-14H,4-5,9-11H2,1-3H3. The summed E-state index contributed by atoms with van der Waals surface area (Å²) in [5.41, 5.74) is 1.16. The van der Waals surface area contributed by atoms with E-state index < -0.39 is 0 Å². The van der Waals surface area contributed by atoms with Crippen molar-refractivity contribution in [2.75, 3.05) is 19.6 Å². The third kappa shape index (κ3) is 3.50. The SMILES string of the molecule is CC(C)=CCN1C(=O)C2CCC1CN(C(=O)c1ccc(=O)n(C)n1)C2. The molecule has 134 valence electrons. The van der Waals surface area contributed by atoms with Gasteiger partial charge in [-0.15, -0.1) is 0 Å². The predicted molar refractivity (Wildman–Crippen MR) is 93.0 cm³/mol. The molecule has 0 N–H and O–H groups in total. The molecule has 0 aliphatic carbocycles. The van der Waals surface area contributed by atoms with Gasteiger partial charge >= 0.3 is 0 Å². The number of rotatable bonds is 3. The summed E-state index contributed by atoms with van der Waals surface area (Å²) in [6, 6.07) is 2.84. The van der Waals surface area contributed by atoms with Crippen molar-refractivity contribution in [3.63, 3.8) is 0 Å². The molecule has 0 saturated carbocycles. The Balaban J connectivity index is 1.82. The largest absolute Gasteiger partial charge is 0.334 e. The van der Waals surface area contributed by atoms with E-state index in [0.29, 0.717) is 19.6 Å². The fraction of sp³-hybridized carbons (Fsp3) is 0.556. The Bertz CT molecular complexity index is 779. The summed E-state index contributed by atoms with van der Waals surface area (Å²) in [5, 5.41) is 4.05. The van der Waals surface area contributed by atoms with Gasteiger partial charge in [0.2, 0.25) is 5.91 Å². The van der Waals surface area contributed by atoms with Crippen LogP contribution < -0.4 is 5.56 Å². The van der Waals surface area contributed by atoms with Crippen molar-refractivity contribution < 1.29 is 9.59 Å². The molecule has 3 saturated heterocycles. The third-order valence-corrected chi connectivity index (χ3v) is 4.96. The monoisotopic (exact) mass is 344 g/mol. The van der Waals surface area contributed by atoms with Crippen molar-refractivity contribution in [2.24, 2.45) is 13.0 Å². The van der Waals surface area contributed by atoms with Gasteiger partial charge < -0.3 is 9.80 Å². The number of amides is 2. The normalized spacial score (nSPS) is 22.8. The zero-order valence-corrected chi connectivity index (χ0v) is 14.9. The van der Waals surface area contributed by atoms with E-state index in [1.807, 2.05) is 18.7 Å². The zero-order valence-electron chi connectivity index (χ0n) is 14.9. The van der Waals surface area contributed by atoms with E-state index >= 15 is 0 Å². The Morgan fingerprint density at radius 2 is 2.00 bits per heavy atom. The average Bonchev–Trinajstić information content (AvgIpc) is 2.86. The molecule has 7 heteroatoms. The predicted octanol–water partition coefficient (Wildman–Crippen LogP) is 0.810. The lowest BCUT2D eigenvalue weighted by Gasteiger charge is -2.35. The minimum absolute atomic E-state index is 0.0401. The first-order valence-corrected chi connectivity index (χ1v) is 8.64. The minimum Gasteiger partial charge on any atom is -0.334 e. The van der Waals surface area contributed by atoms with E-state index in [1.54, 1.807) is 4.90 Å². The molecule has 7 nitrogen and oxygen atoms in total. The summed E-state index contributed by atoms with van der Waals surface area (Å²) in [4.78, 5) is 40.6. The number of hydrogen-bond acceptors (Lipinski definition) is 4. The van der Waals surface area contributed by atoms with Gasteiger partial charge in [-0.2, -0.15) is 5.10 Å². The van der Waals surface area contributed by atoms with Crippen LogP contribution in [0.15, 0.2) is 28.6 Å². The highest BCUT2D eigenvalue weighted by Crippen LogP contribution is 2.29. The molecule has 3 fully saturated rings. The fourth-order valence-corrected chi connectivity index (χ4v) is 3.51. The molecule has 3 aliphatic rings. The maximum absolute atomic E-state index is 12.8. The molecule has 0 spiro atoms. The Kier molecular flexibility index (Phi) is 4.74. The van der Waals surface area contributed by atoms with E-state index in [2.05, 4.69) is 11.2 Å². The summed E-state index contributed by atoms with van der Waals surface area (Å²) in [5.74, 6) is -0.234. The Morgan fingerprint density at radius 1 is 1.24 bits per heavy atom. The van der Waals surface area contributed by atoms with Crippen LogP contribution in [0.2, 0.25) is 0 Å². The van der Waals surface area contributed by atoms with Crippen molar-refractivity contribution in [1.29, 1.82) is 0 Å². The van der Waals surface area contributed by atoms with Crippen LogP contribution in [0.25, 0.3) is 0 Å². The molecule has 2 atom stereocenters. The summed E-state index contributed by atoms with van der Waals surface area (Å²) < 4.78 is 1.16. The zero-order chi connectivity index (χ0) is 18.1. The summed E-state index contributed by atoms with van der Waals surface area (Å²) >= 11 is 0. The van der Waals surface area contributed by atoms with Gasteiger partial charge in [0.15, 0.2) is 0 Å². The van der Waals surface area contributed by atoms with Crippen molar-refractivity contribution >= 4 is 11.8 Å². The first kappa shape index (κ1) is 17.4. The molecular formula is C18H24N4O3. The number of carbonyl (C=O) groups excluding carboxylic acids is 2. The van der Waals surface area contributed by atoms with Crippen LogP contribution in [0.4, 0.5) is 0 Å². The van der Waals surface area contributed by atoms with Gasteiger partial charge in [0.05, 0.1) is 5.92 Å². The molecule has 2 amide bonds. The topological polar surface area (TPSA) is 75.5 Å². The van der Waals surface area contributed by atoms with Crippen LogP contribution >= 0.6 is 0 Å². The summed E-state index contributed by atoms with van der Waals surface area (Å²) in [6.45, 7) is 5.57. The van der Waals surface area contributed by atoms with Crippen molar-refractivity contribution in [3.05, 3.63) is 39.8 Å². The molecular weight excluding hydrogens is 320 g/mol. The molecule has 1 aromatic heterocycles.